The summed E-state index contributed by atoms with van der Waals surface area (Å²) < 4.78 is 5.75. The van der Waals surface area contributed by atoms with E-state index in [0.717, 1.165) is 17.7 Å². The number of aryl methyl sites for hydroxylation is 1. The number of pyridine rings is 1. The van der Waals surface area contributed by atoms with Crippen LogP contribution in [-0.2, 0) is 6.61 Å². The molecule has 15 heavy (non-hydrogen) atoms. The van der Waals surface area contributed by atoms with Gasteiger partial charge in [-0.05, 0) is 38.8 Å². The van der Waals surface area contributed by atoms with E-state index in [1.165, 1.54) is 0 Å². The van der Waals surface area contributed by atoms with Crippen molar-refractivity contribution in [2.45, 2.75) is 46.3 Å². The molecule has 0 amide bonds. The predicted molar refractivity (Wildman–Crippen MR) is 59.9 cm³/mol. The molecule has 84 valence electrons. The van der Waals surface area contributed by atoms with Crippen LogP contribution in [0, 0.1) is 6.92 Å². The predicted octanol–water partition coefficient (Wildman–Crippen LogP) is 2.45. The van der Waals surface area contributed by atoms with Gasteiger partial charge in [-0.25, -0.2) is 4.98 Å². The number of ether oxygens (including phenoxy) is 1. The number of aliphatic hydroxyl groups excluding tert-OH is 1. The average Bonchev–Trinajstić information content (AvgIpc) is 2.16. The number of aromatic nitrogens is 1. The Bertz CT molecular complexity index is 334. The minimum absolute atomic E-state index is 0.0201. The van der Waals surface area contributed by atoms with Crippen LogP contribution in [-0.4, -0.2) is 15.7 Å². The number of rotatable bonds is 4. The molecule has 0 unspecified atom stereocenters. The zero-order chi connectivity index (χ0) is 11.5. The maximum absolute atomic E-state index is 9.06. The Morgan fingerprint density at radius 1 is 1.40 bits per heavy atom. The molecule has 0 atom stereocenters. The van der Waals surface area contributed by atoms with Crippen LogP contribution in [0.25, 0.3) is 0 Å². The molecule has 0 fully saturated rings. The van der Waals surface area contributed by atoms with Gasteiger partial charge >= 0.3 is 0 Å². The van der Waals surface area contributed by atoms with E-state index in [4.69, 9.17) is 9.84 Å². The highest BCUT2D eigenvalue weighted by molar-refractivity contribution is 5.24. The summed E-state index contributed by atoms with van der Waals surface area (Å²) in [6.45, 7) is 8.03. The molecule has 1 aromatic rings. The van der Waals surface area contributed by atoms with Crippen LogP contribution in [0.2, 0.25) is 0 Å². The summed E-state index contributed by atoms with van der Waals surface area (Å²) in [5, 5.41) is 9.06. The van der Waals surface area contributed by atoms with E-state index in [0.29, 0.717) is 5.88 Å². The first-order chi connectivity index (χ1) is 6.96. The molecule has 0 aromatic carbocycles. The molecular formula is C12H19NO2. The van der Waals surface area contributed by atoms with Crippen molar-refractivity contribution in [1.29, 1.82) is 0 Å². The van der Waals surface area contributed by atoms with Crippen molar-refractivity contribution in [1.82, 2.24) is 4.98 Å². The third kappa shape index (κ3) is 3.51. The van der Waals surface area contributed by atoms with Gasteiger partial charge < -0.3 is 9.84 Å². The molecule has 0 saturated carbocycles. The summed E-state index contributed by atoms with van der Waals surface area (Å²) in [7, 11) is 0. The van der Waals surface area contributed by atoms with Gasteiger partial charge in [-0.2, -0.15) is 0 Å². The van der Waals surface area contributed by atoms with Gasteiger partial charge in [0.15, 0.2) is 0 Å². The Morgan fingerprint density at radius 3 is 2.60 bits per heavy atom. The van der Waals surface area contributed by atoms with Crippen LogP contribution in [0.1, 0.15) is 38.4 Å². The zero-order valence-electron chi connectivity index (χ0n) is 9.87. The highest BCUT2D eigenvalue weighted by Crippen LogP contribution is 2.20. The van der Waals surface area contributed by atoms with E-state index in [9.17, 15) is 0 Å². The van der Waals surface area contributed by atoms with Gasteiger partial charge in [0.2, 0.25) is 5.88 Å². The minimum Gasteiger partial charge on any atom is -0.472 e. The van der Waals surface area contributed by atoms with Crippen molar-refractivity contribution in [3.63, 3.8) is 0 Å². The monoisotopic (exact) mass is 209 g/mol. The molecular weight excluding hydrogens is 190 g/mol. The van der Waals surface area contributed by atoms with Gasteiger partial charge in [0, 0.05) is 11.8 Å². The Balaban J connectivity index is 2.90. The number of hydrogen-bond acceptors (Lipinski definition) is 3. The van der Waals surface area contributed by atoms with Crippen molar-refractivity contribution in [2.24, 2.45) is 0 Å². The lowest BCUT2D eigenvalue weighted by atomic mass is 10.1. The van der Waals surface area contributed by atoms with Gasteiger partial charge in [0.1, 0.15) is 5.60 Å². The average molecular weight is 209 g/mol. The molecule has 3 nitrogen and oxygen atoms in total. The largest absolute Gasteiger partial charge is 0.472 e. The summed E-state index contributed by atoms with van der Waals surface area (Å²) in [6.07, 6.45) is 0.914. The lowest BCUT2D eigenvalue weighted by Gasteiger charge is -2.24. The minimum atomic E-state index is -0.215. The van der Waals surface area contributed by atoms with Crippen molar-refractivity contribution in [2.75, 3.05) is 0 Å². The van der Waals surface area contributed by atoms with Gasteiger partial charge in [-0.15, -0.1) is 0 Å². The molecule has 0 aliphatic carbocycles. The van der Waals surface area contributed by atoms with Crippen LogP contribution < -0.4 is 4.74 Å². The van der Waals surface area contributed by atoms with Crippen molar-refractivity contribution in [3.05, 3.63) is 23.4 Å². The maximum atomic E-state index is 9.06. The van der Waals surface area contributed by atoms with Crippen molar-refractivity contribution in [3.8, 4) is 5.88 Å². The normalized spacial score (nSPS) is 11.5. The Labute approximate surface area is 91.1 Å². The SMILES string of the molecule is CCC(C)(C)Oc1cc(CO)cc(C)n1. The van der Waals surface area contributed by atoms with Crippen LogP contribution >= 0.6 is 0 Å². The van der Waals surface area contributed by atoms with E-state index in [-0.39, 0.29) is 12.2 Å². The molecule has 0 saturated heterocycles. The third-order valence-corrected chi connectivity index (χ3v) is 2.40. The summed E-state index contributed by atoms with van der Waals surface area (Å²) in [4.78, 5) is 4.28. The second kappa shape index (κ2) is 4.62. The van der Waals surface area contributed by atoms with Crippen molar-refractivity contribution < 1.29 is 9.84 Å². The van der Waals surface area contributed by atoms with E-state index in [2.05, 4.69) is 11.9 Å². The summed E-state index contributed by atoms with van der Waals surface area (Å²) in [5.74, 6) is 0.589. The van der Waals surface area contributed by atoms with Crippen LogP contribution in [0.3, 0.4) is 0 Å². The Morgan fingerprint density at radius 2 is 2.07 bits per heavy atom. The lowest BCUT2D eigenvalue weighted by Crippen LogP contribution is -2.27. The van der Waals surface area contributed by atoms with Crippen LogP contribution in [0.5, 0.6) is 5.88 Å². The molecule has 0 bridgehead atoms. The molecule has 3 heteroatoms. The standard InChI is InChI=1S/C12H19NO2/c1-5-12(3,4)15-11-7-10(8-14)6-9(2)13-11/h6-7,14H,5,8H2,1-4H3. The zero-order valence-corrected chi connectivity index (χ0v) is 9.87. The third-order valence-electron chi connectivity index (χ3n) is 2.40. The quantitative estimate of drug-likeness (QED) is 0.828. The number of nitrogens with zero attached hydrogens (tertiary/aromatic N) is 1. The maximum Gasteiger partial charge on any atom is 0.214 e. The fourth-order valence-electron chi connectivity index (χ4n) is 1.21. The molecule has 0 radical (unpaired) electrons. The van der Waals surface area contributed by atoms with Crippen molar-refractivity contribution >= 4 is 0 Å². The Hall–Kier alpha value is -1.09. The lowest BCUT2D eigenvalue weighted by molar-refractivity contribution is 0.0984. The summed E-state index contributed by atoms with van der Waals surface area (Å²) in [6, 6.07) is 3.64. The fraction of sp³-hybridized carbons (Fsp3) is 0.583. The second-order valence-corrected chi connectivity index (χ2v) is 4.33. The first kappa shape index (κ1) is 12.0. The first-order valence-corrected chi connectivity index (χ1v) is 5.24. The highest BCUT2D eigenvalue weighted by atomic mass is 16.5. The Kier molecular flexibility index (Phi) is 3.69. The smallest absolute Gasteiger partial charge is 0.214 e. The second-order valence-electron chi connectivity index (χ2n) is 4.33. The van der Waals surface area contributed by atoms with Gasteiger partial charge in [-0.1, -0.05) is 6.92 Å². The van der Waals surface area contributed by atoms with E-state index >= 15 is 0 Å². The fourth-order valence-corrected chi connectivity index (χ4v) is 1.21. The van der Waals surface area contributed by atoms with E-state index < -0.39 is 0 Å². The van der Waals surface area contributed by atoms with Gasteiger partial charge in [-0.3, -0.25) is 0 Å². The number of hydrogen-bond donors (Lipinski definition) is 1. The van der Waals surface area contributed by atoms with Crippen LogP contribution in [0.4, 0.5) is 0 Å². The first-order valence-electron chi connectivity index (χ1n) is 5.24. The van der Waals surface area contributed by atoms with Gasteiger partial charge in [0.25, 0.3) is 0 Å². The number of aliphatic hydroxyl groups is 1. The molecule has 0 aliphatic heterocycles. The molecule has 1 heterocycles. The molecule has 1 rings (SSSR count). The molecule has 0 aliphatic rings. The summed E-state index contributed by atoms with van der Waals surface area (Å²) >= 11 is 0. The van der Waals surface area contributed by atoms with E-state index in [1.807, 2.05) is 26.8 Å². The van der Waals surface area contributed by atoms with Crippen LogP contribution in [0.15, 0.2) is 12.1 Å². The molecule has 0 spiro atoms. The highest BCUT2D eigenvalue weighted by Gasteiger charge is 2.17. The molecule has 1 aromatic heterocycles. The topological polar surface area (TPSA) is 42.4 Å². The molecule has 1 N–H and O–H groups in total. The van der Waals surface area contributed by atoms with E-state index in [1.54, 1.807) is 6.07 Å². The summed E-state index contributed by atoms with van der Waals surface area (Å²) in [5.41, 5.74) is 1.49. The van der Waals surface area contributed by atoms with Gasteiger partial charge in [0.05, 0.1) is 6.61 Å².